The zero-order valence-corrected chi connectivity index (χ0v) is 20.1. The number of oxime groups is 1. The Balaban J connectivity index is 1.44. The Kier molecular flexibility index (Phi) is 7.88. The van der Waals surface area contributed by atoms with Crippen LogP contribution in [-0.4, -0.2) is 41.3 Å². The lowest BCUT2D eigenvalue weighted by atomic mass is 9.76. The predicted molar refractivity (Wildman–Crippen MR) is 137 cm³/mol. The van der Waals surface area contributed by atoms with Gasteiger partial charge in [0.1, 0.15) is 18.3 Å². The van der Waals surface area contributed by atoms with E-state index in [1.165, 1.54) is 0 Å². The second-order valence-corrected chi connectivity index (χ2v) is 9.08. The minimum Gasteiger partial charge on any atom is -0.389 e. The molecule has 5 rings (SSSR count). The fourth-order valence-electron chi connectivity index (χ4n) is 4.81. The number of hydrogen-bond acceptors (Lipinski definition) is 6. The van der Waals surface area contributed by atoms with Crippen LogP contribution in [0.1, 0.15) is 16.7 Å². The first-order valence-corrected chi connectivity index (χ1v) is 12.3. The van der Waals surface area contributed by atoms with Crippen LogP contribution in [0.2, 0.25) is 0 Å². The SMILES string of the molecule is C=C[C@H]1ON=C2[C@H]1[C@@H](O)[C@@H](OCc1ccccc1)[C@H](OCc1ccccc1)[C@H]2OCc1ccccc1. The molecule has 6 nitrogen and oxygen atoms in total. The van der Waals surface area contributed by atoms with Crippen LogP contribution in [0.4, 0.5) is 0 Å². The highest BCUT2D eigenvalue weighted by Crippen LogP contribution is 2.37. The van der Waals surface area contributed by atoms with Gasteiger partial charge in [-0.05, 0) is 22.8 Å². The molecule has 0 unspecified atom stereocenters. The summed E-state index contributed by atoms with van der Waals surface area (Å²) in [5.74, 6) is -0.430. The number of aliphatic hydroxyl groups is 1. The first-order chi connectivity index (χ1) is 17.7. The zero-order chi connectivity index (χ0) is 24.7. The van der Waals surface area contributed by atoms with Gasteiger partial charge in [0.15, 0.2) is 6.10 Å². The van der Waals surface area contributed by atoms with Crippen molar-refractivity contribution in [3.63, 3.8) is 0 Å². The van der Waals surface area contributed by atoms with Crippen LogP contribution >= 0.6 is 0 Å². The van der Waals surface area contributed by atoms with Gasteiger partial charge >= 0.3 is 0 Å². The third kappa shape index (κ3) is 5.42. The zero-order valence-electron chi connectivity index (χ0n) is 20.1. The summed E-state index contributed by atoms with van der Waals surface area (Å²) < 4.78 is 19.3. The van der Waals surface area contributed by atoms with Crippen molar-refractivity contribution in [3.8, 4) is 0 Å². The monoisotopic (exact) mass is 485 g/mol. The van der Waals surface area contributed by atoms with Crippen molar-refractivity contribution in [3.05, 3.63) is 120 Å². The highest BCUT2D eigenvalue weighted by molar-refractivity contribution is 5.94. The molecule has 186 valence electrons. The van der Waals surface area contributed by atoms with Crippen molar-refractivity contribution in [1.29, 1.82) is 0 Å². The number of rotatable bonds is 10. The van der Waals surface area contributed by atoms with Crippen LogP contribution in [-0.2, 0) is 38.9 Å². The maximum atomic E-state index is 11.5. The summed E-state index contributed by atoms with van der Waals surface area (Å²) in [4.78, 5) is 5.64. The summed E-state index contributed by atoms with van der Waals surface area (Å²) in [5.41, 5.74) is 3.69. The molecule has 0 bridgehead atoms. The molecule has 0 aromatic heterocycles. The second kappa shape index (κ2) is 11.6. The van der Waals surface area contributed by atoms with E-state index < -0.39 is 36.4 Å². The van der Waals surface area contributed by atoms with Gasteiger partial charge in [0.25, 0.3) is 0 Å². The molecule has 36 heavy (non-hydrogen) atoms. The van der Waals surface area contributed by atoms with Gasteiger partial charge in [-0.1, -0.05) is 103 Å². The molecule has 1 heterocycles. The Morgan fingerprint density at radius 2 is 1.19 bits per heavy atom. The Labute approximate surface area is 211 Å². The molecule has 6 atom stereocenters. The molecule has 0 saturated heterocycles. The maximum Gasteiger partial charge on any atom is 0.156 e. The first kappa shape index (κ1) is 24.4. The number of benzene rings is 3. The third-order valence-corrected chi connectivity index (χ3v) is 6.67. The Morgan fingerprint density at radius 1 is 0.722 bits per heavy atom. The molecule has 0 amide bonds. The van der Waals surface area contributed by atoms with E-state index >= 15 is 0 Å². The molecule has 1 saturated carbocycles. The number of hydrogen-bond donors (Lipinski definition) is 1. The van der Waals surface area contributed by atoms with E-state index in [2.05, 4.69) is 11.7 Å². The second-order valence-electron chi connectivity index (χ2n) is 9.08. The molecule has 1 fully saturated rings. The molecule has 6 heteroatoms. The Bertz CT molecular complexity index is 1140. The first-order valence-electron chi connectivity index (χ1n) is 12.3. The normalized spacial score (nSPS) is 27.1. The molecule has 3 aromatic carbocycles. The number of aliphatic hydroxyl groups excluding tert-OH is 1. The van der Waals surface area contributed by atoms with E-state index in [4.69, 9.17) is 19.0 Å². The number of fused-ring (bicyclic) bond motifs is 1. The van der Waals surface area contributed by atoms with Crippen molar-refractivity contribution in [1.82, 2.24) is 0 Å². The minimum absolute atomic E-state index is 0.331. The van der Waals surface area contributed by atoms with E-state index in [1.54, 1.807) is 6.08 Å². The van der Waals surface area contributed by atoms with Gasteiger partial charge < -0.3 is 24.2 Å². The third-order valence-electron chi connectivity index (χ3n) is 6.67. The summed E-state index contributed by atoms with van der Waals surface area (Å²) in [6.45, 7) is 4.92. The fourth-order valence-corrected chi connectivity index (χ4v) is 4.81. The van der Waals surface area contributed by atoms with Crippen molar-refractivity contribution >= 4 is 5.71 Å². The van der Waals surface area contributed by atoms with Crippen LogP contribution < -0.4 is 0 Å². The lowest BCUT2D eigenvalue weighted by Crippen LogP contribution is -2.62. The molecule has 3 aromatic rings. The standard InChI is InChI=1S/C30H31NO5/c1-2-24-25-26(31-36-24)28(33-18-21-12-6-3-7-13-21)30(35-20-23-16-10-5-11-17-23)29(27(25)32)34-19-22-14-8-4-9-15-22/h2-17,24-25,27-30,32H,1,18-20H2/t24-,25+,27-,28+,29-,30-/m1/s1. The summed E-state index contributed by atoms with van der Waals surface area (Å²) >= 11 is 0. The predicted octanol–water partition coefficient (Wildman–Crippen LogP) is 4.67. The maximum absolute atomic E-state index is 11.5. The Hall–Kier alpha value is -3.29. The highest BCUT2D eigenvalue weighted by atomic mass is 16.7. The minimum atomic E-state index is -0.907. The van der Waals surface area contributed by atoms with Crippen molar-refractivity contribution in [2.45, 2.75) is 50.3 Å². The molecular weight excluding hydrogens is 454 g/mol. The molecule has 2 aliphatic rings. The fraction of sp³-hybridized carbons (Fsp3) is 0.300. The van der Waals surface area contributed by atoms with Gasteiger partial charge in [0.2, 0.25) is 0 Å². The molecule has 0 radical (unpaired) electrons. The quantitative estimate of drug-likeness (QED) is 0.423. The topological polar surface area (TPSA) is 69.5 Å². The van der Waals surface area contributed by atoms with Gasteiger partial charge in [-0.15, -0.1) is 0 Å². The van der Waals surface area contributed by atoms with Crippen LogP contribution in [0.5, 0.6) is 0 Å². The molecule has 1 aliphatic heterocycles. The summed E-state index contributed by atoms with van der Waals surface area (Å²) in [6.07, 6.45) is -1.53. The average molecular weight is 486 g/mol. The van der Waals surface area contributed by atoms with E-state index in [-0.39, 0.29) is 0 Å². The largest absolute Gasteiger partial charge is 0.389 e. The van der Waals surface area contributed by atoms with E-state index in [0.29, 0.717) is 25.5 Å². The van der Waals surface area contributed by atoms with Gasteiger partial charge in [-0.2, -0.15) is 0 Å². The average Bonchev–Trinajstić information content (AvgIpc) is 3.37. The number of ether oxygens (including phenoxy) is 3. The van der Waals surface area contributed by atoms with Gasteiger partial charge in [0.05, 0.1) is 37.6 Å². The van der Waals surface area contributed by atoms with Crippen LogP contribution in [0.15, 0.2) is 109 Å². The lowest BCUT2D eigenvalue weighted by Gasteiger charge is -2.43. The van der Waals surface area contributed by atoms with E-state index in [1.807, 2.05) is 91.0 Å². The Morgan fingerprint density at radius 3 is 1.69 bits per heavy atom. The molecule has 0 spiro atoms. The lowest BCUT2D eigenvalue weighted by molar-refractivity contribution is -0.185. The molecular formula is C30H31NO5. The van der Waals surface area contributed by atoms with Crippen LogP contribution in [0.25, 0.3) is 0 Å². The van der Waals surface area contributed by atoms with Gasteiger partial charge in [-0.25, -0.2) is 0 Å². The molecule has 1 aliphatic carbocycles. The van der Waals surface area contributed by atoms with Gasteiger partial charge in [-0.3, -0.25) is 0 Å². The van der Waals surface area contributed by atoms with Crippen molar-refractivity contribution in [2.75, 3.05) is 0 Å². The van der Waals surface area contributed by atoms with Crippen LogP contribution in [0, 0.1) is 5.92 Å². The smallest absolute Gasteiger partial charge is 0.156 e. The highest BCUT2D eigenvalue weighted by Gasteiger charge is 2.55. The van der Waals surface area contributed by atoms with Crippen LogP contribution in [0.3, 0.4) is 0 Å². The van der Waals surface area contributed by atoms with E-state index in [9.17, 15) is 5.11 Å². The van der Waals surface area contributed by atoms with Crippen molar-refractivity contribution in [2.24, 2.45) is 11.1 Å². The molecule has 1 N–H and O–H groups in total. The van der Waals surface area contributed by atoms with Gasteiger partial charge in [0, 0.05) is 0 Å². The summed E-state index contributed by atoms with van der Waals surface area (Å²) in [6, 6.07) is 29.8. The summed E-state index contributed by atoms with van der Waals surface area (Å²) in [5, 5.41) is 15.9. The summed E-state index contributed by atoms with van der Waals surface area (Å²) in [7, 11) is 0. The van der Waals surface area contributed by atoms with E-state index in [0.717, 1.165) is 16.7 Å². The number of nitrogens with zero attached hydrogens (tertiary/aromatic N) is 1. The van der Waals surface area contributed by atoms with Crippen molar-refractivity contribution < 1.29 is 24.2 Å².